The minimum atomic E-state index is -4.85. The van der Waals surface area contributed by atoms with Crippen LogP contribution in [-0.2, 0) is 29.2 Å². The zero-order chi connectivity index (χ0) is 33.3. The molecule has 48 heavy (non-hydrogen) atoms. The summed E-state index contributed by atoms with van der Waals surface area (Å²) < 4.78 is 91.1. The number of hydrogen-bond donors (Lipinski definition) is 2. The summed E-state index contributed by atoms with van der Waals surface area (Å²) in [7, 11) is -6.54. The van der Waals surface area contributed by atoms with Gasteiger partial charge < -0.3 is 9.47 Å². The topological polar surface area (TPSA) is 146 Å². The summed E-state index contributed by atoms with van der Waals surface area (Å²) in [5.41, 5.74) is 5.30. The SMILES string of the molecule is COc1cc2c3c(ccc4c5ccc6c7c(cc(OC)c(c1c34)c75)-c1ccccc1[C@@H]6OS(=O)(=O)O)[C@H](OS(=O)(=O)O)c1ccccc1-2. The molecule has 0 spiro atoms. The van der Waals surface area contributed by atoms with Gasteiger partial charge in [0.1, 0.15) is 23.7 Å². The predicted molar refractivity (Wildman–Crippen MR) is 181 cm³/mol. The maximum absolute atomic E-state index is 12.1. The van der Waals surface area contributed by atoms with Crippen molar-refractivity contribution in [2.45, 2.75) is 12.2 Å². The lowest BCUT2D eigenvalue weighted by molar-refractivity contribution is 0.216. The fraction of sp³-hybridized carbons (Fsp3) is 0.111. The first-order valence-electron chi connectivity index (χ1n) is 14.8. The summed E-state index contributed by atoms with van der Waals surface area (Å²) >= 11 is 0. The van der Waals surface area contributed by atoms with Gasteiger partial charge in [-0.25, -0.2) is 8.37 Å². The standard InChI is InChI=1S/C36H24O10S2/c1-43-27-15-25-17-7-3-5-9-21(17)35(45-47(37,38)39)23-13-11-19-20-12-14-24-30-26(18-8-4-6-10-22(18)36(24)46-48(40,41)42)16-28(44-2)34(32(20)30)33(27)31(19)29(23)25/h3-16,35-36H,1-2H3,(H,37,38,39)(H,40,41,42)/t35-,36+. The molecular weight excluding hydrogens is 657 g/mol. The summed E-state index contributed by atoms with van der Waals surface area (Å²) in [5.74, 6) is 1.07. The van der Waals surface area contributed by atoms with E-state index < -0.39 is 33.0 Å². The minimum Gasteiger partial charge on any atom is -0.496 e. The van der Waals surface area contributed by atoms with Crippen LogP contribution in [0.3, 0.4) is 0 Å². The zero-order valence-corrected chi connectivity index (χ0v) is 26.8. The maximum atomic E-state index is 12.1. The quantitative estimate of drug-likeness (QED) is 0.103. The van der Waals surface area contributed by atoms with E-state index >= 15 is 0 Å². The third-order valence-electron chi connectivity index (χ3n) is 9.60. The molecule has 7 aromatic carbocycles. The van der Waals surface area contributed by atoms with Crippen molar-refractivity contribution < 1.29 is 43.8 Å². The van der Waals surface area contributed by atoms with Gasteiger partial charge in [0.25, 0.3) is 0 Å². The third kappa shape index (κ3) is 3.98. The van der Waals surface area contributed by atoms with Crippen molar-refractivity contribution in [2.24, 2.45) is 0 Å². The lowest BCUT2D eigenvalue weighted by Gasteiger charge is -2.32. The monoisotopic (exact) mass is 680 g/mol. The number of hydrogen-bond acceptors (Lipinski definition) is 8. The molecule has 0 aromatic heterocycles. The van der Waals surface area contributed by atoms with E-state index in [-0.39, 0.29) is 0 Å². The molecule has 2 atom stereocenters. The highest BCUT2D eigenvalue weighted by molar-refractivity contribution is 7.81. The first-order chi connectivity index (χ1) is 23.0. The van der Waals surface area contributed by atoms with Crippen LogP contribution in [0.5, 0.6) is 11.5 Å². The summed E-state index contributed by atoms with van der Waals surface area (Å²) in [5, 5.41) is 6.03. The second-order valence-corrected chi connectivity index (χ2v) is 14.0. The van der Waals surface area contributed by atoms with Gasteiger partial charge >= 0.3 is 20.8 Å². The van der Waals surface area contributed by atoms with E-state index in [4.69, 9.17) is 17.8 Å². The molecule has 10 nitrogen and oxygen atoms in total. The van der Waals surface area contributed by atoms with Crippen LogP contribution in [0.2, 0.25) is 0 Å². The van der Waals surface area contributed by atoms with Crippen LogP contribution in [0.15, 0.2) is 84.9 Å². The molecule has 2 N–H and O–H groups in total. The van der Waals surface area contributed by atoms with E-state index in [9.17, 15) is 25.9 Å². The van der Waals surface area contributed by atoms with Gasteiger partial charge in [-0.05, 0) is 78.2 Å². The predicted octanol–water partition coefficient (Wildman–Crippen LogP) is 7.53. The van der Waals surface area contributed by atoms with Crippen molar-refractivity contribution in [3.05, 3.63) is 107 Å². The molecule has 2 aliphatic carbocycles. The van der Waals surface area contributed by atoms with Crippen LogP contribution in [0.25, 0.3) is 65.3 Å². The molecule has 7 aromatic rings. The molecule has 0 heterocycles. The number of ether oxygens (including phenoxy) is 2. The van der Waals surface area contributed by atoms with Gasteiger partial charge in [0.2, 0.25) is 0 Å². The van der Waals surface area contributed by atoms with Gasteiger partial charge in [-0.2, -0.15) is 16.8 Å². The van der Waals surface area contributed by atoms with E-state index in [1.165, 1.54) is 0 Å². The fourth-order valence-electron chi connectivity index (χ4n) is 7.99. The van der Waals surface area contributed by atoms with Crippen LogP contribution in [0.4, 0.5) is 0 Å². The van der Waals surface area contributed by atoms with Crippen LogP contribution in [-0.4, -0.2) is 40.2 Å². The minimum absolute atomic E-state index is 0.534. The molecule has 0 radical (unpaired) electrons. The Morgan fingerprint density at radius 1 is 0.479 bits per heavy atom. The zero-order valence-electron chi connectivity index (χ0n) is 25.2. The first-order valence-corrected chi connectivity index (χ1v) is 17.6. The lowest BCUT2D eigenvalue weighted by Crippen LogP contribution is -2.17. The summed E-state index contributed by atoms with van der Waals surface area (Å²) in [6.07, 6.45) is -2.24. The van der Waals surface area contributed by atoms with E-state index in [1.807, 2.05) is 48.5 Å². The number of benzene rings is 7. The van der Waals surface area contributed by atoms with Crippen molar-refractivity contribution in [1.82, 2.24) is 0 Å². The Hall–Kier alpha value is -4.82. The summed E-state index contributed by atoms with van der Waals surface area (Å²) in [6, 6.07) is 25.7. The van der Waals surface area contributed by atoms with E-state index in [1.54, 1.807) is 50.6 Å². The van der Waals surface area contributed by atoms with Gasteiger partial charge in [0.05, 0.1) is 14.2 Å². The molecule has 9 rings (SSSR count). The van der Waals surface area contributed by atoms with Crippen LogP contribution in [0.1, 0.15) is 34.5 Å². The summed E-state index contributed by atoms with van der Waals surface area (Å²) in [6.45, 7) is 0. The average molecular weight is 681 g/mol. The second kappa shape index (κ2) is 9.86. The van der Waals surface area contributed by atoms with E-state index in [0.29, 0.717) is 44.5 Å². The van der Waals surface area contributed by atoms with Gasteiger partial charge in [-0.1, -0.05) is 72.8 Å². The number of fused-ring (bicyclic) bond motifs is 6. The normalized spacial score (nSPS) is 16.8. The molecule has 0 bridgehead atoms. The second-order valence-electron chi connectivity index (χ2n) is 11.9. The van der Waals surface area contributed by atoms with Gasteiger partial charge in [-0.3, -0.25) is 9.11 Å². The number of methoxy groups -OCH3 is 2. The Bertz CT molecular complexity index is 2580. The molecular formula is C36H24O10S2. The van der Waals surface area contributed by atoms with Crippen molar-refractivity contribution >= 4 is 63.9 Å². The molecule has 240 valence electrons. The molecule has 2 aliphatic rings. The third-order valence-corrected chi connectivity index (χ3v) is 10.5. The highest BCUT2D eigenvalue weighted by atomic mass is 32.3. The lowest BCUT2D eigenvalue weighted by atomic mass is 9.75. The highest BCUT2D eigenvalue weighted by Gasteiger charge is 2.37. The van der Waals surface area contributed by atoms with Crippen molar-refractivity contribution in [2.75, 3.05) is 14.2 Å². The molecule has 0 aliphatic heterocycles. The van der Waals surface area contributed by atoms with Gasteiger partial charge in [0.15, 0.2) is 0 Å². The Morgan fingerprint density at radius 3 is 1.25 bits per heavy atom. The molecule has 0 saturated carbocycles. The van der Waals surface area contributed by atoms with Gasteiger partial charge in [0, 0.05) is 21.5 Å². The fourth-order valence-corrected chi connectivity index (χ4v) is 8.89. The van der Waals surface area contributed by atoms with Crippen molar-refractivity contribution in [3.8, 4) is 33.8 Å². The largest absolute Gasteiger partial charge is 0.496 e. The molecule has 0 fully saturated rings. The Balaban J connectivity index is 1.51. The van der Waals surface area contributed by atoms with Crippen LogP contribution >= 0.6 is 0 Å². The Labute approximate surface area is 274 Å². The Morgan fingerprint density at radius 2 is 0.875 bits per heavy atom. The van der Waals surface area contributed by atoms with E-state index in [0.717, 1.165) is 54.6 Å². The average Bonchev–Trinajstić information content (AvgIpc) is 3.06. The first kappa shape index (κ1) is 29.3. The Kier molecular flexibility index (Phi) is 6.02. The number of rotatable bonds is 6. The van der Waals surface area contributed by atoms with E-state index in [2.05, 4.69) is 0 Å². The van der Waals surface area contributed by atoms with Crippen LogP contribution in [0, 0.1) is 0 Å². The van der Waals surface area contributed by atoms with Gasteiger partial charge in [-0.15, -0.1) is 0 Å². The summed E-state index contributed by atoms with van der Waals surface area (Å²) in [4.78, 5) is 0. The van der Waals surface area contributed by atoms with Crippen molar-refractivity contribution in [3.63, 3.8) is 0 Å². The molecule has 0 saturated heterocycles. The molecule has 0 amide bonds. The van der Waals surface area contributed by atoms with Crippen LogP contribution < -0.4 is 9.47 Å². The van der Waals surface area contributed by atoms with Crippen molar-refractivity contribution in [1.29, 1.82) is 0 Å². The maximum Gasteiger partial charge on any atom is 0.398 e. The molecule has 0 unspecified atom stereocenters. The highest BCUT2D eigenvalue weighted by Crippen LogP contribution is 2.58. The molecule has 12 heteroatoms. The smallest absolute Gasteiger partial charge is 0.398 e.